The van der Waals surface area contributed by atoms with Gasteiger partial charge in [-0.3, -0.25) is 0 Å². The van der Waals surface area contributed by atoms with E-state index in [9.17, 15) is 4.79 Å². The third kappa shape index (κ3) is 3.91. The second-order valence-corrected chi connectivity index (χ2v) is 5.31. The van der Waals surface area contributed by atoms with E-state index in [1.165, 1.54) is 0 Å². The summed E-state index contributed by atoms with van der Waals surface area (Å²) in [5.41, 5.74) is 2.67. The zero-order chi connectivity index (χ0) is 15.4. The van der Waals surface area contributed by atoms with Crippen LogP contribution in [0.15, 0.2) is 48.5 Å². The monoisotopic (exact) mass is 297 g/mol. The topological polar surface area (TPSA) is 62.4 Å². The molecule has 22 heavy (non-hydrogen) atoms. The first-order valence-corrected chi connectivity index (χ1v) is 7.31. The number of urea groups is 1. The molecule has 2 aromatic carbocycles. The molecule has 114 valence electrons. The van der Waals surface area contributed by atoms with Crippen molar-refractivity contribution in [3.8, 4) is 5.75 Å². The van der Waals surface area contributed by atoms with Gasteiger partial charge < -0.3 is 20.7 Å². The number of anilines is 3. The maximum atomic E-state index is 11.7. The minimum absolute atomic E-state index is 0.143. The van der Waals surface area contributed by atoms with Crippen molar-refractivity contribution in [2.75, 3.05) is 17.7 Å². The number of hydrogen-bond acceptors (Lipinski definition) is 3. The molecule has 2 amide bonds. The molecule has 3 rings (SSSR count). The molecule has 1 aliphatic rings. The first-order chi connectivity index (χ1) is 10.7. The lowest BCUT2D eigenvalue weighted by Crippen LogP contribution is -2.30. The van der Waals surface area contributed by atoms with Gasteiger partial charge in [0.2, 0.25) is 0 Å². The second kappa shape index (κ2) is 6.39. The molecule has 2 aromatic rings. The summed E-state index contributed by atoms with van der Waals surface area (Å²) in [5, 5.41) is 9.01. The highest BCUT2D eigenvalue weighted by Gasteiger charge is 2.23. The number of ether oxygens (including phenoxy) is 1. The molecule has 0 aromatic heterocycles. The molecule has 3 N–H and O–H groups in total. The van der Waals surface area contributed by atoms with Crippen molar-refractivity contribution in [2.45, 2.75) is 18.9 Å². The van der Waals surface area contributed by atoms with Crippen molar-refractivity contribution >= 4 is 23.1 Å². The normalized spacial score (nSPS) is 13.3. The maximum absolute atomic E-state index is 11.7. The molecule has 0 atom stereocenters. The molecule has 0 unspecified atom stereocenters. The Hall–Kier alpha value is -2.69. The standard InChI is InChI=1S/C17H19N3O2/c1-22-16-4-2-3-15(11-16)18-12-5-7-13(8-6-12)19-17(21)20-14-9-10-14/h2-8,11,14,18H,9-10H2,1H3,(H2,19,20,21). The molecular weight excluding hydrogens is 278 g/mol. The summed E-state index contributed by atoms with van der Waals surface area (Å²) in [6.45, 7) is 0. The highest BCUT2D eigenvalue weighted by Crippen LogP contribution is 2.23. The smallest absolute Gasteiger partial charge is 0.319 e. The van der Waals surface area contributed by atoms with Gasteiger partial charge in [0.15, 0.2) is 0 Å². The number of methoxy groups -OCH3 is 1. The Balaban J connectivity index is 1.59. The van der Waals surface area contributed by atoms with E-state index in [2.05, 4.69) is 16.0 Å². The van der Waals surface area contributed by atoms with Gasteiger partial charge in [-0.25, -0.2) is 4.79 Å². The summed E-state index contributed by atoms with van der Waals surface area (Å²) in [6, 6.07) is 15.5. The number of carbonyl (C=O) groups excluding carboxylic acids is 1. The molecule has 0 spiro atoms. The van der Waals surface area contributed by atoms with E-state index in [1.807, 2.05) is 48.5 Å². The Bertz CT molecular complexity index is 651. The Morgan fingerprint density at radius 3 is 2.45 bits per heavy atom. The van der Waals surface area contributed by atoms with E-state index >= 15 is 0 Å². The van der Waals surface area contributed by atoms with Gasteiger partial charge in [-0.1, -0.05) is 6.07 Å². The van der Waals surface area contributed by atoms with E-state index in [0.717, 1.165) is 35.7 Å². The van der Waals surface area contributed by atoms with Crippen LogP contribution in [0, 0.1) is 0 Å². The lowest BCUT2D eigenvalue weighted by atomic mass is 10.2. The van der Waals surface area contributed by atoms with Crippen molar-refractivity contribution in [3.05, 3.63) is 48.5 Å². The van der Waals surface area contributed by atoms with Crippen molar-refractivity contribution in [2.24, 2.45) is 0 Å². The molecule has 5 nitrogen and oxygen atoms in total. The van der Waals surface area contributed by atoms with Crippen LogP contribution >= 0.6 is 0 Å². The molecule has 0 radical (unpaired) electrons. The van der Waals surface area contributed by atoms with Crippen molar-refractivity contribution in [1.82, 2.24) is 5.32 Å². The van der Waals surface area contributed by atoms with Crippen molar-refractivity contribution in [1.29, 1.82) is 0 Å². The minimum atomic E-state index is -0.143. The fourth-order valence-electron chi connectivity index (χ4n) is 2.08. The van der Waals surface area contributed by atoms with Crippen LogP contribution in [0.1, 0.15) is 12.8 Å². The number of benzene rings is 2. The summed E-state index contributed by atoms with van der Waals surface area (Å²) < 4.78 is 5.20. The highest BCUT2D eigenvalue weighted by atomic mass is 16.5. The van der Waals surface area contributed by atoms with Crippen molar-refractivity contribution in [3.63, 3.8) is 0 Å². The molecule has 0 bridgehead atoms. The zero-order valence-corrected chi connectivity index (χ0v) is 12.4. The summed E-state index contributed by atoms with van der Waals surface area (Å²) in [5.74, 6) is 0.806. The molecule has 5 heteroatoms. The Kier molecular flexibility index (Phi) is 4.14. The molecular formula is C17H19N3O2. The number of rotatable bonds is 5. The Morgan fingerprint density at radius 2 is 1.77 bits per heavy atom. The van der Waals surface area contributed by atoms with Gasteiger partial charge in [0.1, 0.15) is 5.75 Å². The quantitative estimate of drug-likeness (QED) is 0.788. The van der Waals surface area contributed by atoms with E-state index < -0.39 is 0 Å². The summed E-state index contributed by atoms with van der Waals surface area (Å²) >= 11 is 0. The van der Waals surface area contributed by atoms with Gasteiger partial charge in [-0.05, 0) is 49.2 Å². The number of carbonyl (C=O) groups is 1. The van der Waals surface area contributed by atoms with Gasteiger partial charge in [-0.2, -0.15) is 0 Å². The lowest BCUT2D eigenvalue weighted by molar-refractivity contribution is 0.251. The van der Waals surface area contributed by atoms with Gasteiger partial charge in [-0.15, -0.1) is 0 Å². The van der Waals surface area contributed by atoms with Crippen LogP contribution < -0.4 is 20.7 Å². The highest BCUT2D eigenvalue weighted by molar-refractivity contribution is 5.89. The predicted molar refractivity (Wildman–Crippen MR) is 87.9 cm³/mol. The number of amides is 2. The van der Waals surface area contributed by atoms with E-state index in [4.69, 9.17) is 4.74 Å². The summed E-state index contributed by atoms with van der Waals surface area (Å²) in [4.78, 5) is 11.7. The maximum Gasteiger partial charge on any atom is 0.319 e. The zero-order valence-electron chi connectivity index (χ0n) is 12.4. The Labute approximate surface area is 129 Å². The third-order valence-corrected chi connectivity index (χ3v) is 3.41. The first-order valence-electron chi connectivity index (χ1n) is 7.31. The van der Waals surface area contributed by atoms with Crippen molar-refractivity contribution < 1.29 is 9.53 Å². The largest absolute Gasteiger partial charge is 0.497 e. The van der Waals surface area contributed by atoms with Gasteiger partial charge in [0.05, 0.1) is 7.11 Å². The van der Waals surface area contributed by atoms with E-state index in [0.29, 0.717) is 6.04 Å². The van der Waals surface area contributed by atoms with E-state index in [1.54, 1.807) is 7.11 Å². The van der Waals surface area contributed by atoms with Gasteiger partial charge >= 0.3 is 6.03 Å². The number of nitrogens with one attached hydrogen (secondary N) is 3. The van der Waals surface area contributed by atoms with Crippen LogP contribution in [0.4, 0.5) is 21.9 Å². The number of hydrogen-bond donors (Lipinski definition) is 3. The minimum Gasteiger partial charge on any atom is -0.497 e. The second-order valence-electron chi connectivity index (χ2n) is 5.31. The van der Waals surface area contributed by atoms with Crippen LogP contribution in [0.25, 0.3) is 0 Å². The van der Waals surface area contributed by atoms with Crippen LogP contribution in [-0.4, -0.2) is 19.2 Å². The van der Waals surface area contributed by atoms with E-state index in [-0.39, 0.29) is 6.03 Å². The van der Waals surface area contributed by atoms with Gasteiger partial charge in [0.25, 0.3) is 0 Å². The summed E-state index contributed by atoms with van der Waals surface area (Å²) in [7, 11) is 1.65. The average Bonchev–Trinajstić information content (AvgIpc) is 3.33. The molecule has 0 saturated heterocycles. The van der Waals surface area contributed by atoms with Crippen LogP contribution in [0.5, 0.6) is 5.75 Å². The van der Waals surface area contributed by atoms with Crippen LogP contribution in [0.2, 0.25) is 0 Å². The summed E-state index contributed by atoms with van der Waals surface area (Å²) in [6.07, 6.45) is 2.16. The Morgan fingerprint density at radius 1 is 1.05 bits per heavy atom. The molecule has 0 heterocycles. The fraction of sp³-hybridized carbons (Fsp3) is 0.235. The first kappa shape index (κ1) is 14.3. The third-order valence-electron chi connectivity index (χ3n) is 3.41. The SMILES string of the molecule is COc1cccc(Nc2ccc(NC(=O)NC3CC3)cc2)c1. The predicted octanol–water partition coefficient (Wildman–Crippen LogP) is 3.72. The van der Waals surface area contributed by atoms with Gasteiger partial charge in [0, 0.05) is 29.2 Å². The van der Waals surface area contributed by atoms with Crippen LogP contribution in [-0.2, 0) is 0 Å². The fourth-order valence-corrected chi connectivity index (χ4v) is 2.08. The molecule has 1 aliphatic carbocycles. The lowest BCUT2D eigenvalue weighted by Gasteiger charge is -2.10. The average molecular weight is 297 g/mol. The molecule has 1 saturated carbocycles. The van der Waals surface area contributed by atoms with Crippen LogP contribution in [0.3, 0.4) is 0 Å². The molecule has 0 aliphatic heterocycles. The molecule has 1 fully saturated rings.